The largest absolute Gasteiger partial charge is 0.463 e. The minimum Gasteiger partial charge on any atom is -0.463 e. The summed E-state index contributed by atoms with van der Waals surface area (Å²) in [5.41, 5.74) is -0.699. The van der Waals surface area contributed by atoms with Gasteiger partial charge in [-0.05, 0) is 17.7 Å². The smallest absolute Gasteiger partial charge is 0.416 e. The van der Waals surface area contributed by atoms with Crippen LogP contribution in [0.2, 0.25) is 0 Å². The van der Waals surface area contributed by atoms with Crippen molar-refractivity contribution in [3.63, 3.8) is 0 Å². The maximum absolute atomic E-state index is 12.9. The van der Waals surface area contributed by atoms with Gasteiger partial charge in [0.1, 0.15) is 12.7 Å². The molecule has 0 bridgehead atoms. The van der Waals surface area contributed by atoms with Gasteiger partial charge >= 0.3 is 24.1 Å². The van der Waals surface area contributed by atoms with Gasteiger partial charge in [-0.3, -0.25) is 24.8 Å². The fourth-order valence-electron chi connectivity index (χ4n) is 3.25. The first-order valence-electron chi connectivity index (χ1n) is 10.6. The first kappa shape index (κ1) is 31.6. The number of hydrogen-bond acceptors (Lipinski definition) is 10. The number of esters is 3. The van der Waals surface area contributed by atoms with Gasteiger partial charge < -0.3 is 23.7 Å². The van der Waals surface area contributed by atoms with E-state index in [-0.39, 0.29) is 5.56 Å². The van der Waals surface area contributed by atoms with Crippen LogP contribution in [0, 0.1) is 5.41 Å². The summed E-state index contributed by atoms with van der Waals surface area (Å²) < 4.78 is 63.0. The van der Waals surface area contributed by atoms with E-state index < -0.39 is 76.6 Å². The van der Waals surface area contributed by atoms with Crippen LogP contribution >= 0.6 is 34.8 Å². The SMILES string of the molecule is CC(=O)OC[C@H]1O[C@H](OC(=N)C(Cl)(Cl)Cl)[C@H](N=Cc2ccc(C(F)(F)F)cc2)[C@@H](OC(C)=O)[C@@H]1OC(C)=O. The number of nitrogens with one attached hydrogen (secondary N) is 1. The van der Waals surface area contributed by atoms with Crippen molar-refractivity contribution in [3.8, 4) is 0 Å². The van der Waals surface area contributed by atoms with Crippen molar-refractivity contribution in [1.82, 2.24) is 0 Å². The molecular weight excluding hydrogens is 584 g/mol. The summed E-state index contributed by atoms with van der Waals surface area (Å²) in [6, 6.07) is 2.50. The molecule has 0 amide bonds. The van der Waals surface area contributed by atoms with E-state index in [2.05, 4.69) is 4.99 Å². The first-order chi connectivity index (χ1) is 17.5. The summed E-state index contributed by atoms with van der Waals surface area (Å²) in [7, 11) is 0. The molecule has 0 unspecified atom stereocenters. The number of hydrogen-bond donors (Lipinski definition) is 1. The van der Waals surface area contributed by atoms with Gasteiger partial charge in [-0.15, -0.1) is 0 Å². The van der Waals surface area contributed by atoms with E-state index in [1.165, 1.54) is 0 Å². The van der Waals surface area contributed by atoms with Crippen molar-refractivity contribution in [1.29, 1.82) is 5.41 Å². The van der Waals surface area contributed by atoms with Crippen LogP contribution in [0.15, 0.2) is 29.3 Å². The predicted molar refractivity (Wildman–Crippen MR) is 128 cm³/mol. The Morgan fingerprint density at radius 3 is 2.00 bits per heavy atom. The molecule has 38 heavy (non-hydrogen) atoms. The third kappa shape index (κ3) is 9.29. The summed E-state index contributed by atoms with van der Waals surface area (Å²) in [6.07, 6.45) is -9.22. The van der Waals surface area contributed by atoms with Crippen LogP contribution < -0.4 is 0 Å². The number of carbonyl (C=O) groups is 3. The number of ether oxygens (including phenoxy) is 5. The van der Waals surface area contributed by atoms with Crippen molar-refractivity contribution in [2.75, 3.05) is 6.61 Å². The molecule has 1 heterocycles. The number of aliphatic imine (C=N–C) groups is 1. The molecule has 0 aromatic heterocycles. The first-order valence-corrected chi connectivity index (χ1v) is 11.8. The van der Waals surface area contributed by atoms with Crippen molar-refractivity contribution >= 4 is 64.8 Å². The highest BCUT2D eigenvalue weighted by Gasteiger charge is 2.52. The Kier molecular flexibility index (Phi) is 10.8. The third-order valence-corrected chi connectivity index (χ3v) is 5.31. The molecule has 0 radical (unpaired) electrons. The molecule has 1 aliphatic heterocycles. The van der Waals surface area contributed by atoms with Crippen molar-refractivity contribution < 1.29 is 51.2 Å². The average Bonchev–Trinajstić information content (AvgIpc) is 2.77. The lowest BCUT2D eigenvalue weighted by Crippen LogP contribution is -2.61. The van der Waals surface area contributed by atoms with E-state index in [9.17, 15) is 27.6 Å². The second-order valence-corrected chi connectivity index (χ2v) is 10.1. The minimum absolute atomic E-state index is 0.195. The lowest BCUT2D eigenvalue weighted by atomic mass is 9.96. The minimum atomic E-state index is -4.56. The van der Waals surface area contributed by atoms with Crippen LogP contribution in [-0.2, 0) is 44.2 Å². The van der Waals surface area contributed by atoms with E-state index in [0.29, 0.717) is 0 Å². The summed E-state index contributed by atoms with van der Waals surface area (Å²) in [6.45, 7) is 2.73. The summed E-state index contributed by atoms with van der Waals surface area (Å²) >= 11 is 17.1. The molecule has 210 valence electrons. The highest BCUT2D eigenvalue weighted by Crippen LogP contribution is 2.34. The molecular formula is C22H22Cl3F3N2O8. The number of halogens is 6. The molecule has 2 rings (SSSR count). The van der Waals surface area contributed by atoms with Crippen LogP contribution in [0.25, 0.3) is 0 Å². The standard InChI is InChI=1S/C22H22Cl3F3N2O8/c1-10(31)34-9-15-17(35-11(2)32)18(36-12(3)33)16(19(37-15)38-20(29)21(23,24)25)30-8-13-4-6-14(7-5-13)22(26,27)28/h4-8,15-19,29H,9H2,1-3H3/t15-,16-,17-,18-,19-/m1/s1. The molecule has 1 N–H and O–H groups in total. The van der Waals surface area contributed by atoms with Crippen LogP contribution in [-0.4, -0.2) is 71.1 Å². The number of alkyl halides is 6. The van der Waals surface area contributed by atoms with Gasteiger partial charge in [-0.2, -0.15) is 13.2 Å². The predicted octanol–water partition coefficient (Wildman–Crippen LogP) is 4.01. The van der Waals surface area contributed by atoms with Gasteiger partial charge in [0.25, 0.3) is 3.79 Å². The normalized spacial score (nSPS) is 24.0. The molecule has 1 saturated heterocycles. The zero-order chi connectivity index (χ0) is 28.8. The number of benzene rings is 1. The lowest BCUT2D eigenvalue weighted by Gasteiger charge is -2.43. The molecule has 5 atom stereocenters. The van der Waals surface area contributed by atoms with Crippen molar-refractivity contribution in [2.24, 2.45) is 4.99 Å². The number of carbonyl (C=O) groups excluding carboxylic acids is 3. The Morgan fingerprint density at radius 2 is 1.53 bits per heavy atom. The number of nitrogens with zero attached hydrogens (tertiary/aromatic N) is 1. The van der Waals surface area contributed by atoms with Gasteiger partial charge in [-0.1, -0.05) is 46.9 Å². The van der Waals surface area contributed by atoms with Crippen LogP contribution in [0.5, 0.6) is 0 Å². The quantitative estimate of drug-likeness (QED) is 0.162. The van der Waals surface area contributed by atoms with E-state index >= 15 is 0 Å². The molecule has 0 spiro atoms. The molecule has 1 fully saturated rings. The molecule has 0 aliphatic carbocycles. The van der Waals surface area contributed by atoms with Gasteiger partial charge in [0.2, 0.25) is 12.2 Å². The summed E-state index contributed by atoms with van der Waals surface area (Å²) in [4.78, 5) is 39.4. The number of rotatable bonds is 7. The van der Waals surface area contributed by atoms with Gasteiger partial charge in [0, 0.05) is 27.0 Å². The van der Waals surface area contributed by atoms with E-state index in [0.717, 1.165) is 51.3 Å². The molecule has 1 aromatic carbocycles. The fraction of sp³-hybridized carbons (Fsp3) is 0.500. The van der Waals surface area contributed by atoms with Crippen molar-refractivity contribution in [3.05, 3.63) is 35.4 Å². The molecule has 1 aromatic rings. The Labute approximate surface area is 229 Å². The van der Waals surface area contributed by atoms with Crippen molar-refractivity contribution in [2.45, 2.75) is 61.4 Å². The maximum Gasteiger partial charge on any atom is 0.416 e. The third-order valence-electron chi connectivity index (χ3n) is 4.79. The van der Waals surface area contributed by atoms with Crippen LogP contribution in [0.3, 0.4) is 0 Å². The Balaban J connectivity index is 2.53. The second-order valence-electron chi connectivity index (χ2n) is 7.83. The second kappa shape index (κ2) is 13.0. The molecule has 1 aliphatic rings. The van der Waals surface area contributed by atoms with Crippen LogP contribution in [0.4, 0.5) is 13.2 Å². The van der Waals surface area contributed by atoms with Gasteiger partial charge in [0.05, 0.1) is 5.56 Å². The summed E-state index contributed by atoms with van der Waals surface area (Å²) in [5, 5.41) is 7.92. The fourth-order valence-corrected chi connectivity index (χ4v) is 3.39. The van der Waals surface area contributed by atoms with Crippen LogP contribution in [0.1, 0.15) is 31.9 Å². The van der Waals surface area contributed by atoms with E-state index in [4.69, 9.17) is 63.9 Å². The highest BCUT2D eigenvalue weighted by molar-refractivity contribution is 6.76. The van der Waals surface area contributed by atoms with E-state index in [1.54, 1.807) is 0 Å². The Bertz CT molecular complexity index is 1060. The maximum atomic E-state index is 12.9. The highest BCUT2D eigenvalue weighted by atomic mass is 35.6. The van der Waals surface area contributed by atoms with Gasteiger partial charge in [0.15, 0.2) is 18.2 Å². The lowest BCUT2D eigenvalue weighted by molar-refractivity contribution is -0.256. The summed E-state index contributed by atoms with van der Waals surface area (Å²) in [5.74, 6) is -3.29. The topological polar surface area (TPSA) is 134 Å². The zero-order valence-electron chi connectivity index (χ0n) is 20.0. The Morgan fingerprint density at radius 1 is 0.974 bits per heavy atom. The Hall–Kier alpha value is -2.61. The van der Waals surface area contributed by atoms with E-state index in [1.807, 2.05) is 0 Å². The molecule has 16 heteroatoms. The monoisotopic (exact) mass is 604 g/mol. The average molecular weight is 606 g/mol. The van der Waals surface area contributed by atoms with Gasteiger partial charge in [-0.25, -0.2) is 0 Å². The molecule has 10 nitrogen and oxygen atoms in total. The zero-order valence-corrected chi connectivity index (χ0v) is 22.2. The molecule has 0 saturated carbocycles.